The van der Waals surface area contributed by atoms with Gasteiger partial charge in [-0.15, -0.1) is 0 Å². The van der Waals surface area contributed by atoms with Crippen molar-refractivity contribution in [3.8, 4) is 5.75 Å². The number of nitrogens with one attached hydrogen (secondary N) is 1. The quantitative estimate of drug-likeness (QED) is 0.822. The highest BCUT2D eigenvalue weighted by atomic mass is 16.5. The number of ether oxygens (including phenoxy) is 2. The molecule has 0 bridgehead atoms. The second-order valence-electron chi connectivity index (χ2n) is 4.73. The highest BCUT2D eigenvalue weighted by Gasteiger charge is 2.34. The molecule has 1 heterocycles. The Bertz CT molecular complexity index is 348. The molecule has 0 atom stereocenters. The van der Waals surface area contributed by atoms with Gasteiger partial charge in [-0.1, -0.05) is 25.1 Å². The van der Waals surface area contributed by atoms with Gasteiger partial charge in [0.15, 0.2) is 0 Å². The van der Waals surface area contributed by atoms with Crippen molar-refractivity contribution in [1.29, 1.82) is 0 Å². The first kappa shape index (κ1) is 11.4. The summed E-state index contributed by atoms with van der Waals surface area (Å²) in [5.74, 6) is 0.977. The van der Waals surface area contributed by atoms with Gasteiger partial charge in [-0.3, -0.25) is 0 Å². The van der Waals surface area contributed by atoms with Gasteiger partial charge in [0, 0.05) is 17.5 Å². The Kier molecular flexibility index (Phi) is 3.46. The summed E-state index contributed by atoms with van der Waals surface area (Å²) in [6.45, 7) is 5.37. The van der Waals surface area contributed by atoms with E-state index in [0.717, 1.165) is 32.1 Å². The van der Waals surface area contributed by atoms with Crippen LogP contribution >= 0.6 is 0 Å². The first-order valence-electron chi connectivity index (χ1n) is 5.67. The van der Waals surface area contributed by atoms with Gasteiger partial charge in [-0.25, -0.2) is 0 Å². The lowest BCUT2D eigenvalue weighted by atomic mass is 9.90. The van der Waals surface area contributed by atoms with Gasteiger partial charge in [-0.05, 0) is 13.1 Å². The van der Waals surface area contributed by atoms with Crippen molar-refractivity contribution in [2.45, 2.75) is 13.5 Å². The molecule has 1 aromatic rings. The van der Waals surface area contributed by atoms with Crippen molar-refractivity contribution < 1.29 is 9.47 Å². The van der Waals surface area contributed by atoms with E-state index in [2.05, 4.69) is 18.3 Å². The molecule has 0 spiro atoms. The molecule has 0 aliphatic carbocycles. The van der Waals surface area contributed by atoms with E-state index < -0.39 is 0 Å². The normalized spacial score (nSPS) is 17.9. The molecule has 0 saturated carbocycles. The smallest absolute Gasteiger partial charge is 0.123 e. The van der Waals surface area contributed by atoms with E-state index in [1.54, 1.807) is 0 Å². The van der Waals surface area contributed by atoms with Crippen LogP contribution in [0, 0.1) is 5.41 Å². The molecular formula is C13H19NO2. The lowest BCUT2D eigenvalue weighted by Crippen LogP contribution is -2.44. The molecular weight excluding hydrogens is 202 g/mol. The van der Waals surface area contributed by atoms with Crippen LogP contribution in [-0.2, 0) is 11.3 Å². The number of benzene rings is 1. The van der Waals surface area contributed by atoms with Crippen LogP contribution in [0.5, 0.6) is 5.75 Å². The van der Waals surface area contributed by atoms with Gasteiger partial charge in [0.2, 0.25) is 0 Å². The van der Waals surface area contributed by atoms with E-state index >= 15 is 0 Å². The predicted octanol–water partition coefficient (Wildman–Crippen LogP) is 1.82. The molecule has 16 heavy (non-hydrogen) atoms. The second kappa shape index (κ2) is 4.85. The van der Waals surface area contributed by atoms with Crippen molar-refractivity contribution in [2.24, 2.45) is 5.41 Å². The summed E-state index contributed by atoms with van der Waals surface area (Å²) in [4.78, 5) is 0. The summed E-state index contributed by atoms with van der Waals surface area (Å²) in [6, 6.07) is 8.16. The van der Waals surface area contributed by atoms with Gasteiger partial charge in [0.05, 0.1) is 19.8 Å². The molecule has 1 aliphatic rings. The minimum Gasteiger partial charge on any atom is -0.493 e. The van der Waals surface area contributed by atoms with E-state index in [1.165, 1.54) is 5.56 Å². The Labute approximate surface area is 96.8 Å². The number of hydrogen-bond acceptors (Lipinski definition) is 3. The van der Waals surface area contributed by atoms with E-state index in [0.29, 0.717) is 0 Å². The van der Waals surface area contributed by atoms with Crippen LogP contribution < -0.4 is 10.1 Å². The Morgan fingerprint density at radius 1 is 1.38 bits per heavy atom. The molecule has 0 aromatic heterocycles. The van der Waals surface area contributed by atoms with E-state index in [4.69, 9.17) is 9.47 Å². The third-order valence-electron chi connectivity index (χ3n) is 2.82. The molecule has 88 valence electrons. The second-order valence-corrected chi connectivity index (χ2v) is 4.73. The van der Waals surface area contributed by atoms with Gasteiger partial charge >= 0.3 is 0 Å². The van der Waals surface area contributed by atoms with Crippen molar-refractivity contribution in [1.82, 2.24) is 5.32 Å². The average molecular weight is 221 g/mol. The maximum absolute atomic E-state index is 5.88. The van der Waals surface area contributed by atoms with E-state index in [1.807, 2.05) is 25.2 Å². The lowest BCUT2D eigenvalue weighted by Gasteiger charge is -2.37. The first-order valence-corrected chi connectivity index (χ1v) is 5.67. The molecule has 1 fully saturated rings. The summed E-state index contributed by atoms with van der Waals surface area (Å²) >= 11 is 0. The number of hydrogen-bond donors (Lipinski definition) is 1. The standard InChI is InChI=1S/C13H19NO2/c1-13(8-15-9-13)10-16-12-6-4-3-5-11(12)7-14-2/h3-6,14H,7-10H2,1-2H3. The zero-order valence-electron chi connectivity index (χ0n) is 9.95. The van der Waals surface area contributed by atoms with Crippen LogP contribution in [-0.4, -0.2) is 26.9 Å². The van der Waals surface area contributed by atoms with Gasteiger partial charge < -0.3 is 14.8 Å². The first-order chi connectivity index (χ1) is 7.73. The molecule has 0 radical (unpaired) electrons. The molecule has 1 aromatic carbocycles. The zero-order valence-corrected chi connectivity index (χ0v) is 9.95. The van der Waals surface area contributed by atoms with Crippen molar-refractivity contribution in [3.63, 3.8) is 0 Å². The minimum absolute atomic E-state index is 0.201. The van der Waals surface area contributed by atoms with Crippen LogP contribution in [0.2, 0.25) is 0 Å². The Morgan fingerprint density at radius 3 is 2.75 bits per heavy atom. The van der Waals surface area contributed by atoms with Crippen LogP contribution in [0.1, 0.15) is 12.5 Å². The summed E-state index contributed by atoms with van der Waals surface area (Å²) in [7, 11) is 1.94. The fraction of sp³-hybridized carbons (Fsp3) is 0.538. The molecule has 1 aliphatic heterocycles. The Hall–Kier alpha value is -1.06. The fourth-order valence-electron chi connectivity index (χ4n) is 1.77. The molecule has 0 amide bonds. The molecule has 1 N–H and O–H groups in total. The van der Waals surface area contributed by atoms with Crippen LogP contribution in [0.15, 0.2) is 24.3 Å². The minimum atomic E-state index is 0.201. The van der Waals surface area contributed by atoms with Crippen LogP contribution in [0.4, 0.5) is 0 Å². The molecule has 3 heteroatoms. The zero-order chi connectivity index (χ0) is 11.4. The highest BCUT2D eigenvalue weighted by Crippen LogP contribution is 2.28. The SMILES string of the molecule is CNCc1ccccc1OCC1(C)COC1. The summed E-state index contributed by atoms with van der Waals surface area (Å²) in [5, 5.41) is 3.14. The monoisotopic (exact) mass is 221 g/mol. The third kappa shape index (κ3) is 2.54. The summed E-state index contributed by atoms with van der Waals surface area (Å²) in [6.07, 6.45) is 0. The predicted molar refractivity (Wildman–Crippen MR) is 63.6 cm³/mol. The summed E-state index contributed by atoms with van der Waals surface area (Å²) in [5.41, 5.74) is 1.40. The lowest BCUT2D eigenvalue weighted by molar-refractivity contribution is -0.120. The largest absolute Gasteiger partial charge is 0.493 e. The van der Waals surface area contributed by atoms with Crippen LogP contribution in [0.3, 0.4) is 0 Å². The van der Waals surface area contributed by atoms with Gasteiger partial charge in [0.25, 0.3) is 0 Å². The van der Waals surface area contributed by atoms with Crippen LogP contribution in [0.25, 0.3) is 0 Å². The van der Waals surface area contributed by atoms with Crippen molar-refractivity contribution in [3.05, 3.63) is 29.8 Å². The maximum atomic E-state index is 5.88. The Morgan fingerprint density at radius 2 is 2.12 bits per heavy atom. The molecule has 2 rings (SSSR count). The number of para-hydroxylation sites is 1. The average Bonchev–Trinajstić information content (AvgIpc) is 2.26. The van der Waals surface area contributed by atoms with Gasteiger partial charge in [-0.2, -0.15) is 0 Å². The number of rotatable bonds is 5. The fourth-order valence-corrected chi connectivity index (χ4v) is 1.77. The highest BCUT2D eigenvalue weighted by molar-refractivity contribution is 5.33. The summed E-state index contributed by atoms with van der Waals surface area (Å²) < 4.78 is 11.1. The maximum Gasteiger partial charge on any atom is 0.123 e. The molecule has 1 saturated heterocycles. The van der Waals surface area contributed by atoms with Crippen molar-refractivity contribution in [2.75, 3.05) is 26.9 Å². The Balaban J connectivity index is 1.97. The van der Waals surface area contributed by atoms with Gasteiger partial charge in [0.1, 0.15) is 5.75 Å². The molecule has 3 nitrogen and oxygen atoms in total. The molecule has 0 unspecified atom stereocenters. The van der Waals surface area contributed by atoms with Crippen molar-refractivity contribution >= 4 is 0 Å². The van der Waals surface area contributed by atoms with E-state index in [9.17, 15) is 0 Å². The third-order valence-corrected chi connectivity index (χ3v) is 2.82. The topological polar surface area (TPSA) is 30.5 Å². The van der Waals surface area contributed by atoms with E-state index in [-0.39, 0.29) is 5.41 Å².